The molecule has 176 valence electrons. The Bertz CT molecular complexity index is 1160. The number of fused-ring (bicyclic) bond motifs is 3. The minimum absolute atomic E-state index is 0.000431. The number of sulfonamides is 1. The molecule has 2 aliphatic heterocycles. The van der Waals surface area contributed by atoms with Gasteiger partial charge in [-0.15, -0.1) is 0 Å². The van der Waals surface area contributed by atoms with Crippen molar-refractivity contribution in [3.8, 4) is 5.75 Å². The van der Waals surface area contributed by atoms with E-state index in [1.807, 2.05) is 7.05 Å². The summed E-state index contributed by atoms with van der Waals surface area (Å²) >= 11 is 0. The fourth-order valence-electron chi connectivity index (χ4n) is 5.86. The fourth-order valence-corrected chi connectivity index (χ4v) is 7.53. The van der Waals surface area contributed by atoms with Gasteiger partial charge in [-0.25, -0.2) is 8.42 Å². The lowest BCUT2D eigenvalue weighted by atomic mass is 9.81. The van der Waals surface area contributed by atoms with Gasteiger partial charge in [0.05, 0.1) is 30.7 Å². The third-order valence-corrected chi connectivity index (χ3v) is 9.53. The van der Waals surface area contributed by atoms with Crippen LogP contribution in [0.5, 0.6) is 5.75 Å². The molecule has 1 saturated heterocycles. The highest BCUT2D eigenvalue weighted by molar-refractivity contribution is 7.89. The Morgan fingerprint density at radius 1 is 1.12 bits per heavy atom. The number of benzene rings is 2. The van der Waals surface area contributed by atoms with Crippen molar-refractivity contribution in [3.63, 3.8) is 0 Å². The van der Waals surface area contributed by atoms with Gasteiger partial charge in [0, 0.05) is 25.2 Å². The predicted molar refractivity (Wildman–Crippen MR) is 130 cm³/mol. The first-order chi connectivity index (χ1) is 16.0. The molecular formula is C26H32N2O4S. The quantitative estimate of drug-likeness (QED) is 0.712. The molecule has 1 N–H and O–H groups in total. The number of methoxy groups -OCH3 is 1. The summed E-state index contributed by atoms with van der Waals surface area (Å²) in [4.78, 5) is 2.41. The van der Waals surface area contributed by atoms with Gasteiger partial charge >= 0.3 is 0 Å². The Kier molecular flexibility index (Phi) is 5.97. The van der Waals surface area contributed by atoms with Gasteiger partial charge in [0.2, 0.25) is 10.0 Å². The van der Waals surface area contributed by atoms with Crippen LogP contribution in [0.1, 0.15) is 49.3 Å². The molecule has 3 atom stereocenters. The van der Waals surface area contributed by atoms with Crippen molar-refractivity contribution in [2.75, 3.05) is 32.2 Å². The number of allylic oxidation sites excluding steroid dienone is 2. The summed E-state index contributed by atoms with van der Waals surface area (Å²) in [6, 6.07) is 12.7. The average Bonchev–Trinajstić information content (AvgIpc) is 3.31. The second-order valence-electron chi connectivity index (χ2n) is 9.30. The molecule has 7 heteroatoms. The van der Waals surface area contributed by atoms with Crippen LogP contribution in [-0.4, -0.2) is 51.2 Å². The Morgan fingerprint density at radius 3 is 2.58 bits per heavy atom. The summed E-state index contributed by atoms with van der Waals surface area (Å²) in [5, 5.41) is 10.2. The first-order valence-electron chi connectivity index (χ1n) is 11.8. The van der Waals surface area contributed by atoms with E-state index in [1.54, 1.807) is 35.7 Å². The maximum Gasteiger partial charge on any atom is 0.243 e. The number of hydrogen-bond acceptors (Lipinski definition) is 5. The van der Waals surface area contributed by atoms with Crippen LogP contribution in [0.15, 0.2) is 53.4 Å². The monoisotopic (exact) mass is 468 g/mol. The highest BCUT2D eigenvalue weighted by Crippen LogP contribution is 2.51. The fraction of sp³-hybridized carbons (Fsp3) is 0.462. The van der Waals surface area contributed by atoms with Crippen LogP contribution in [0.2, 0.25) is 0 Å². The number of nitrogens with zero attached hydrogens (tertiary/aromatic N) is 2. The molecule has 33 heavy (non-hydrogen) atoms. The van der Waals surface area contributed by atoms with Crippen molar-refractivity contribution in [2.24, 2.45) is 5.92 Å². The third kappa shape index (κ3) is 3.76. The van der Waals surface area contributed by atoms with Crippen LogP contribution in [0, 0.1) is 5.92 Å². The molecule has 0 unspecified atom stereocenters. The van der Waals surface area contributed by atoms with Crippen molar-refractivity contribution in [2.45, 2.75) is 49.1 Å². The molecule has 2 aromatic carbocycles. The summed E-state index contributed by atoms with van der Waals surface area (Å²) in [6.07, 6.45) is 7.64. The van der Waals surface area contributed by atoms with Crippen LogP contribution < -0.4 is 9.64 Å². The number of hydrogen-bond donors (Lipinski definition) is 1. The van der Waals surface area contributed by atoms with Gasteiger partial charge in [-0.2, -0.15) is 4.31 Å². The molecule has 3 aliphatic rings. The molecule has 0 radical (unpaired) electrons. The van der Waals surface area contributed by atoms with E-state index in [4.69, 9.17) is 4.74 Å². The van der Waals surface area contributed by atoms with Crippen molar-refractivity contribution >= 4 is 21.3 Å². The van der Waals surface area contributed by atoms with E-state index in [1.165, 1.54) is 24.0 Å². The number of ether oxygens (including phenoxy) is 1. The molecule has 2 aromatic rings. The van der Waals surface area contributed by atoms with Crippen LogP contribution in [0.3, 0.4) is 0 Å². The van der Waals surface area contributed by atoms with E-state index in [0.29, 0.717) is 12.3 Å². The topological polar surface area (TPSA) is 70.1 Å². The standard InChI is InChI=1S/C26H32N2O4S/c1-27-24-13-8-19(18-6-4-3-5-7-18)16-23(24)26-22(25(27)17-29)14-15-28(26)33(30,31)21-11-9-20(32-2)10-12-21/h6,8-13,16,22,25-26,29H,3-5,7,14-15,17H2,1-2H3/t22-,25+,26-/m0/s1. The van der Waals surface area contributed by atoms with Crippen LogP contribution in [0.4, 0.5) is 5.69 Å². The summed E-state index contributed by atoms with van der Waals surface area (Å²) in [6.45, 7) is 0.445. The number of rotatable bonds is 5. The third-order valence-electron chi connectivity index (χ3n) is 7.63. The normalized spacial score (nSPS) is 25.4. The van der Waals surface area contributed by atoms with E-state index in [0.717, 1.165) is 30.5 Å². The van der Waals surface area contributed by atoms with Gasteiger partial charge in [0.25, 0.3) is 0 Å². The molecule has 6 nitrogen and oxygen atoms in total. The largest absolute Gasteiger partial charge is 0.497 e. The number of aliphatic hydroxyl groups is 1. The number of likely N-dealkylation sites (N-methyl/N-ethyl adjacent to an activating group) is 1. The minimum Gasteiger partial charge on any atom is -0.497 e. The lowest BCUT2D eigenvalue weighted by molar-refractivity contribution is 0.193. The lowest BCUT2D eigenvalue weighted by Gasteiger charge is -2.44. The minimum atomic E-state index is -3.70. The molecule has 0 amide bonds. The first kappa shape index (κ1) is 22.4. The van der Waals surface area contributed by atoms with E-state index in [9.17, 15) is 13.5 Å². The van der Waals surface area contributed by atoms with Crippen molar-refractivity contribution < 1.29 is 18.3 Å². The number of anilines is 1. The molecular weight excluding hydrogens is 436 g/mol. The van der Waals surface area contributed by atoms with Crippen LogP contribution in [-0.2, 0) is 10.0 Å². The molecule has 1 aliphatic carbocycles. The SMILES string of the molecule is COc1ccc(S(=O)(=O)N2CC[C@H]3[C@@H](CO)N(C)c4ccc(C5=CCCCC5)cc4[C@H]32)cc1. The van der Waals surface area contributed by atoms with Gasteiger partial charge in [0.15, 0.2) is 0 Å². The predicted octanol–water partition coefficient (Wildman–Crippen LogP) is 4.22. The average molecular weight is 469 g/mol. The van der Waals surface area contributed by atoms with E-state index in [-0.39, 0.29) is 29.5 Å². The Balaban J connectivity index is 1.60. The smallest absolute Gasteiger partial charge is 0.243 e. The second-order valence-corrected chi connectivity index (χ2v) is 11.2. The zero-order valence-corrected chi connectivity index (χ0v) is 20.1. The van der Waals surface area contributed by atoms with Crippen LogP contribution >= 0.6 is 0 Å². The van der Waals surface area contributed by atoms with Gasteiger partial charge in [-0.1, -0.05) is 12.1 Å². The maximum atomic E-state index is 13.8. The molecule has 1 fully saturated rings. The Hall–Kier alpha value is -2.35. The molecule has 5 rings (SSSR count). The number of aliphatic hydroxyl groups excluding tert-OH is 1. The van der Waals surface area contributed by atoms with E-state index >= 15 is 0 Å². The summed E-state index contributed by atoms with van der Waals surface area (Å²) in [5.74, 6) is 0.666. The van der Waals surface area contributed by atoms with E-state index in [2.05, 4.69) is 29.2 Å². The van der Waals surface area contributed by atoms with Gasteiger partial charge < -0.3 is 14.7 Å². The van der Waals surface area contributed by atoms with Gasteiger partial charge in [0.1, 0.15) is 5.75 Å². The lowest BCUT2D eigenvalue weighted by Crippen LogP contribution is -2.48. The van der Waals surface area contributed by atoms with Gasteiger partial charge in [-0.3, -0.25) is 0 Å². The maximum absolute atomic E-state index is 13.8. The molecule has 0 saturated carbocycles. The molecule has 0 aromatic heterocycles. The van der Waals surface area contributed by atoms with E-state index < -0.39 is 10.0 Å². The zero-order chi connectivity index (χ0) is 23.2. The molecule has 0 spiro atoms. The van der Waals surface area contributed by atoms with Crippen molar-refractivity contribution in [1.29, 1.82) is 0 Å². The second kappa shape index (κ2) is 8.78. The summed E-state index contributed by atoms with van der Waals surface area (Å²) in [5.41, 5.74) is 4.60. The highest BCUT2D eigenvalue weighted by atomic mass is 32.2. The highest BCUT2D eigenvalue weighted by Gasteiger charge is 2.50. The van der Waals surface area contributed by atoms with Gasteiger partial charge in [-0.05, 0) is 85.2 Å². The van der Waals surface area contributed by atoms with Crippen molar-refractivity contribution in [3.05, 3.63) is 59.7 Å². The van der Waals surface area contributed by atoms with Crippen molar-refractivity contribution in [1.82, 2.24) is 4.31 Å². The summed E-state index contributed by atoms with van der Waals surface area (Å²) < 4.78 is 34.4. The Morgan fingerprint density at radius 2 is 1.91 bits per heavy atom. The molecule has 2 heterocycles. The molecule has 0 bridgehead atoms. The van der Waals surface area contributed by atoms with Crippen LogP contribution in [0.25, 0.3) is 5.57 Å². The first-order valence-corrected chi connectivity index (χ1v) is 13.2. The Labute approximate surface area is 196 Å². The zero-order valence-electron chi connectivity index (χ0n) is 19.3. The summed E-state index contributed by atoms with van der Waals surface area (Å²) in [7, 11) is -0.123.